The van der Waals surface area contributed by atoms with Crippen LogP contribution in [0.2, 0.25) is 0 Å². The van der Waals surface area contributed by atoms with Crippen molar-refractivity contribution >= 4 is 25.5 Å². The average molecular weight is 483 g/mol. The maximum atomic E-state index is 13.1. The summed E-state index contributed by atoms with van der Waals surface area (Å²) in [6.07, 6.45) is 0.581. The van der Waals surface area contributed by atoms with Crippen molar-refractivity contribution in [2.75, 3.05) is 49.2 Å². The van der Waals surface area contributed by atoms with Crippen LogP contribution in [0.4, 0.5) is 5.69 Å². The zero-order chi connectivity index (χ0) is 23.1. The SMILES string of the molecule is CCOc1ccc(S(=O)(=O)N2CCN(c3c(C)nn(C4CCS(=O)(=O)C4)c3C)CC2)cc1. The van der Waals surface area contributed by atoms with Crippen molar-refractivity contribution in [2.45, 2.75) is 38.1 Å². The van der Waals surface area contributed by atoms with Crippen LogP contribution in [-0.4, -0.2) is 75.2 Å². The minimum Gasteiger partial charge on any atom is -0.494 e. The molecule has 0 radical (unpaired) electrons. The first-order chi connectivity index (χ1) is 15.1. The number of nitrogens with zero attached hydrogens (tertiary/aromatic N) is 4. The standard InChI is InChI=1S/C21H30N4O5S2/c1-4-30-19-5-7-20(8-6-19)32(28,29)24-12-10-23(11-13-24)21-16(2)22-25(17(21)3)18-9-14-31(26,27)15-18/h5-8,18H,4,9-15H2,1-3H3. The summed E-state index contributed by atoms with van der Waals surface area (Å²) in [5, 5.41) is 4.64. The summed E-state index contributed by atoms with van der Waals surface area (Å²) in [7, 11) is -6.58. The smallest absolute Gasteiger partial charge is 0.243 e. The average Bonchev–Trinajstić information content (AvgIpc) is 3.26. The zero-order valence-electron chi connectivity index (χ0n) is 18.7. The van der Waals surface area contributed by atoms with Gasteiger partial charge in [-0.15, -0.1) is 0 Å². The Morgan fingerprint density at radius 3 is 2.31 bits per heavy atom. The number of sulfone groups is 1. The van der Waals surface area contributed by atoms with Crippen LogP contribution in [0.5, 0.6) is 5.75 Å². The van der Waals surface area contributed by atoms with Gasteiger partial charge in [0.25, 0.3) is 0 Å². The van der Waals surface area contributed by atoms with Crippen molar-refractivity contribution in [3.63, 3.8) is 0 Å². The van der Waals surface area contributed by atoms with Crippen molar-refractivity contribution in [2.24, 2.45) is 0 Å². The maximum absolute atomic E-state index is 13.1. The summed E-state index contributed by atoms with van der Waals surface area (Å²) < 4.78 is 58.7. The van der Waals surface area contributed by atoms with Gasteiger partial charge in [0.1, 0.15) is 5.75 Å². The molecule has 1 atom stereocenters. The molecule has 2 aliphatic heterocycles. The molecular weight excluding hydrogens is 452 g/mol. The Bertz CT molecular complexity index is 1180. The van der Waals surface area contributed by atoms with E-state index in [1.54, 1.807) is 24.3 Å². The van der Waals surface area contributed by atoms with E-state index in [1.807, 2.05) is 25.5 Å². The Morgan fingerprint density at radius 1 is 1.09 bits per heavy atom. The van der Waals surface area contributed by atoms with Crippen LogP contribution >= 0.6 is 0 Å². The fraction of sp³-hybridized carbons (Fsp3) is 0.571. The fourth-order valence-corrected chi connectivity index (χ4v) is 7.73. The molecule has 176 valence electrons. The van der Waals surface area contributed by atoms with Gasteiger partial charge in [-0.05, 0) is 51.5 Å². The van der Waals surface area contributed by atoms with E-state index in [9.17, 15) is 16.8 Å². The Morgan fingerprint density at radius 2 is 1.75 bits per heavy atom. The molecule has 9 nitrogen and oxygen atoms in total. The maximum Gasteiger partial charge on any atom is 0.243 e. The minimum atomic E-state index is -3.58. The Kier molecular flexibility index (Phi) is 6.25. The van der Waals surface area contributed by atoms with Crippen molar-refractivity contribution in [3.8, 4) is 5.75 Å². The number of ether oxygens (including phenoxy) is 1. The molecule has 2 aliphatic rings. The molecule has 1 aromatic heterocycles. The molecular formula is C21H30N4O5S2. The van der Waals surface area contributed by atoms with E-state index in [1.165, 1.54) is 4.31 Å². The van der Waals surface area contributed by atoms with Crippen molar-refractivity contribution < 1.29 is 21.6 Å². The van der Waals surface area contributed by atoms with Crippen LogP contribution in [0.25, 0.3) is 0 Å². The largest absolute Gasteiger partial charge is 0.494 e. The lowest BCUT2D eigenvalue weighted by molar-refractivity contribution is 0.340. The van der Waals surface area contributed by atoms with Crippen LogP contribution in [0.1, 0.15) is 30.8 Å². The van der Waals surface area contributed by atoms with E-state index >= 15 is 0 Å². The second-order valence-corrected chi connectivity index (χ2v) is 12.5. The summed E-state index contributed by atoms with van der Waals surface area (Å²) in [6.45, 7) is 8.13. The van der Waals surface area contributed by atoms with Gasteiger partial charge in [-0.3, -0.25) is 4.68 Å². The summed E-state index contributed by atoms with van der Waals surface area (Å²) in [5.41, 5.74) is 2.76. The second-order valence-electron chi connectivity index (χ2n) is 8.32. The van der Waals surface area contributed by atoms with Crippen LogP contribution in [0, 0.1) is 13.8 Å². The van der Waals surface area contributed by atoms with Gasteiger partial charge >= 0.3 is 0 Å². The number of hydrogen-bond acceptors (Lipinski definition) is 7. The summed E-state index contributed by atoms with van der Waals surface area (Å²) in [5.74, 6) is 0.977. The lowest BCUT2D eigenvalue weighted by atomic mass is 10.2. The zero-order valence-corrected chi connectivity index (χ0v) is 20.3. The first kappa shape index (κ1) is 23.1. The molecule has 0 amide bonds. The van der Waals surface area contributed by atoms with Gasteiger partial charge in [0.15, 0.2) is 9.84 Å². The number of piperazine rings is 1. The molecule has 2 aromatic rings. The third-order valence-electron chi connectivity index (χ3n) is 6.17. The van der Waals surface area contributed by atoms with Crippen LogP contribution in [-0.2, 0) is 19.9 Å². The number of aryl methyl sites for hydroxylation is 1. The third kappa shape index (κ3) is 4.38. The Balaban J connectivity index is 1.47. The van der Waals surface area contributed by atoms with E-state index in [0.29, 0.717) is 45.0 Å². The van der Waals surface area contributed by atoms with Crippen molar-refractivity contribution in [1.29, 1.82) is 0 Å². The van der Waals surface area contributed by atoms with E-state index in [0.717, 1.165) is 17.1 Å². The second kappa shape index (κ2) is 8.68. The third-order valence-corrected chi connectivity index (χ3v) is 9.83. The van der Waals surface area contributed by atoms with Gasteiger partial charge in [-0.25, -0.2) is 16.8 Å². The molecule has 1 unspecified atom stereocenters. The van der Waals surface area contributed by atoms with Crippen molar-refractivity contribution in [1.82, 2.24) is 14.1 Å². The summed E-state index contributed by atoms with van der Waals surface area (Å²) in [4.78, 5) is 2.42. The Labute approximate surface area is 189 Å². The highest BCUT2D eigenvalue weighted by atomic mass is 32.2. The first-order valence-electron chi connectivity index (χ1n) is 10.9. The van der Waals surface area contributed by atoms with Gasteiger partial charge in [-0.2, -0.15) is 9.40 Å². The number of rotatable bonds is 6. The molecule has 11 heteroatoms. The van der Waals surface area contributed by atoms with E-state index in [4.69, 9.17) is 4.74 Å². The molecule has 4 rings (SSSR count). The molecule has 0 aliphatic carbocycles. The van der Waals surface area contributed by atoms with E-state index in [-0.39, 0.29) is 22.4 Å². The summed E-state index contributed by atoms with van der Waals surface area (Å²) in [6, 6.07) is 6.39. The topological polar surface area (TPSA) is 102 Å². The lowest BCUT2D eigenvalue weighted by Crippen LogP contribution is -2.49. The van der Waals surface area contributed by atoms with Crippen LogP contribution < -0.4 is 9.64 Å². The number of aromatic nitrogens is 2. The molecule has 0 N–H and O–H groups in total. The van der Waals surface area contributed by atoms with Gasteiger partial charge in [0.2, 0.25) is 10.0 Å². The van der Waals surface area contributed by atoms with E-state index in [2.05, 4.69) is 10.00 Å². The van der Waals surface area contributed by atoms with Crippen LogP contribution in [0.3, 0.4) is 0 Å². The predicted octanol–water partition coefficient (Wildman–Crippen LogP) is 1.77. The lowest BCUT2D eigenvalue weighted by Gasteiger charge is -2.35. The Hall–Kier alpha value is -2.11. The number of anilines is 1. The quantitative estimate of drug-likeness (QED) is 0.618. The van der Waals surface area contributed by atoms with Gasteiger partial charge in [0, 0.05) is 26.2 Å². The molecule has 0 saturated carbocycles. The molecule has 1 aromatic carbocycles. The number of sulfonamides is 1. The molecule has 3 heterocycles. The van der Waals surface area contributed by atoms with Crippen molar-refractivity contribution in [3.05, 3.63) is 35.7 Å². The van der Waals surface area contributed by atoms with Crippen LogP contribution in [0.15, 0.2) is 29.2 Å². The molecule has 2 fully saturated rings. The summed E-state index contributed by atoms with van der Waals surface area (Å²) >= 11 is 0. The first-order valence-corrected chi connectivity index (χ1v) is 14.1. The minimum absolute atomic E-state index is 0.127. The number of hydrogen-bond donors (Lipinski definition) is 0. The monoisotopic (exact) mass is 482 g/mol. The molecule has 32 heavy (non-hydrogen) atoms. The van der Waals surface area contributed by atoms with Gasteiger partial charge in [-0.1, -0.05) is 0 Å². The van der Waals surface area contributed by atoms with Gasteiger partial charge in [0.05, 0.1) is 46.1 Å². The normalized spacial score (nSPS) is 21.7. The highest BCUT2D eigenvalue weighted by Crippen LogP contribution is 2.32. The number of benzene rings is 1. The molecule has 0 bridgehead atoms. The van der Waals surface area contributed by atoms with E-state index < -0.39 is 19.9 Å². The highest BCUT2D eigenvalue weighted by molar-refractivity contribution is 7.91. The predicted molar refractivity (Wildman–Crippen MR) is 123 cm³/mol. The fourth-order valence-electron chi connectivity index (χ4n) is 4.61. The molecule has 2 saturated heterocycles. The highest BCUT2D eigenvalue weighted by Gasteiger charge is 2.34. The van der Waals surface area contributed by atoms with Gasteiger partial charge < -0.3 is 9.64 Å². The molecule has 0 spiro atoms.